The molecule has 25 heavy (non-hydrogen) atoms. The lowest BCUT2D eigenvalue weighted by atomic mass is 10.1. The first-order chi connectivity index (χ1) is 12.2. The Labute approximate surface area is 145 Å². The van der Waals surface area contributed by atoms with Crippen LogP contribution in [0.15, 0.2) is 59.6 Å². The molecule has 1 atom stereocenters. The molecule has 1 heterocycles. The highest BCUT2D eigenvalue weighted by Crippen LogP contribution is 2.21. The molecule has 6 nitrogen and oxygen atoms in total. The van der Waals surface area contributed by atoms with Gasteiger partial charge in [0.15, 0.2) is 0 Å². The van der Waals surface area contributed by atoms with Gasteiger partial charge in [-0.05, 0) is 18.1 Å². The average molecular weight is 337 g/mol. The van der Waals surface area contributed by atoms with Crippen molar-refractivity contribution in [3.05, 3.63) is 65.7 Å². The Bertz CT molecular complexity index is 803. The predicted molar refractivity (Wildman–Crippen MR) is 95.5 cm³/mol. The number of aliphatic imine (C=N–C) groups is 1. The van der Waals surface area contributed by atoms with E-state index >= 15 is 0 Å². The Morgan fingerprint density at radius 3 is 2.64 bits per heavy atom. The van der Waals surface area contributed by atoms with Crippen molar-refractivity contribution >= 4 is 23.4 Å². The van der Waals surface area contributed by atoms with Gasteiger partial charge in [0.05, 0.1) is 0 Å². The molecule has 2 aromatic rings. The van der Waals surface area contributed by atoms with Gasteiger partial charge in [-0.15, -0.1) is 0 Å². The molecule has 0 bridgehead atoms. The summed E-state index contributed by atoms with van der Waals surface area (Å²) in [6, 6.07) is 16.8. The third kappa shape index (κ3) is 4.03. The Kier molecular flexibility index (Phi) is 5.09. The second kappa shape index (κ2) is 7.61. The van der Waals surface area contributed by atoms with Gasteiger partial charge in [0.2, 0.25) is 6.17 Å². The molecule has 0 radical (unpaired) electrons. The van der Waals surface area contributed by atoms with E-state index in [0.717, 1.165) is 16.8 Å². The van der Waals surface area contributed by atoms with E-state index in [-0.39, 0.29) is 6.61 Å². The molecule has 0 spiro atoms. The van der Waals surface area contributed by atoms with Gasteiger partial charge in [-0.2, -0.15) is 0 Å². The molecule has 6 heteroatoms. The number of amides is 2. The van der Waals surface area contributed by atoms with Gasteiger partial charge in [0, 0.05) is 17.0 Å². The fourth-order valence-electron chi connectivity index (χ4n) is 2.58. The van der Waals surface area contributed by atoms with Crippen LogP contribution in [-0.4, -0.2) is 23.9 Å². The fraction of sp³-hybridized carbons (Fsp3) is 0.211. The van der Waals surface area contributed by atoms with Crippen molar-refractivity contribution in [2.24, 2.45) is 4.99 Å². The molecule has 2 N–H and O–H groups in total. The summed E-state index contributed by atoms with van der Waals surface area (Å²) >= 11 is 0. The number of hydrogen-bond donors (Lipinski definition) is 2. The van der Waals surface area contributed by atoms with E-state index in [1.807, 2.05) is 61.5 Å². The van der Waals surface area contributed by atoms with Gasteiger partial charge in [-0.25, -0.2) is 4.79 Å². The zero-order valence-electron chi connectivity index (χ0n) is 13.9. The van der Waals surface area contributed by atoms with Crippen molar-refractivity contribution in [3.8, 4) is 0 Å². The van der Waals surface area contributed by atoms with E-state index in [0.29, 0.717) is 12.1 Å². The third-order valence-corrected chi connectivity index (χ3v) is 3.83. The lowest BCUT2D eigenvalue weighted by molar-refractivity contribution is -0.117. The average Bonchev–Trinajstić information content (AvgIpc) is 2.77. The van der Waals surface area contributed by atoms with Crippen LogP contribution in [0.3, 0.4) is 0 Å². The summed E-state index contributed by atoms with van der Waals surface area (Å²) in [6.07, 6.45) is -1.07. The summed E-state index contributed by atoms with van der Waals surface area (Å²) < 4.78 is 5.17. The van der Waals surface area contributed by atoms with Crippen molar-refractivity contribution in [3.63, 3.8) is 0 Å². The molecular weight excluding hydrogens is 318 g/mol. The van der Waals surface area contributed by atoms with Crippen molar-refractivity contribution in [1.29, 1.82) is 0 Å². The zero-order valence-corrected chi connectivity index (χ0v) is 13.9. The summed E-state index contributed by atoms with van der Waals surface area (Å²) in [5.41, 5.74) is 3.17. The maximum Gasteiger partial charge on any atom is 0.409 e. The number of nitrogens with zero attached hydrogens (tertiary/aromatic N) is 1. The molecular formula is C19H19N3O3. The number of nitrogens with one attached hydrogen (secondary N) is 2. The minimum atomic E-state index is -1.02. The van der Waals surface area contributed by atoms with Crippen LogP contribution in [0.25, 0.3) is 0 Å². The molecule has 0 fully saturated rings. The van der Waals surface area contributed by atoms with E-state index in [9.17, 15) is 9.59 Å². The Morgan fingerprint density at radius 2 is 1.88 bits per heavy atom. The van der Waals surface area contributed by atoms with Gasteiger partial charge in [0.1, 0.15) is 6.61 Å². The van der Waals surface area contributed by atoms with Gasteiger partial charge < -0.3 is 10.1 Å². The second-order valence-corrected chi connectivity index (χ2v) is 5.57. The number of anilines is 1. The van der Waals surface area contributed by atoms with E-state index in [1.54, 1.807) is 0 Å². The number of rotatable bonds is 4. The number of fused-ring (bicyclic) bond motifs is 1. The third-order valence-electron chi connectivity index (χ3n) is 3.83. The summed E-state index contributed by atoms with van der Waals surface area (Å²) in [6.45, 7) is 2.09. The first-order valence-corrected chi connectivity index (χ1v) is 8.11. The van der Waals surface area contributed by atoms with Gasteiger partial charge in [-0.1, -0.05) is 55.5 Å². The second-order valence-electron chi connectivity index (χ2n) is 5.57. The van der Waals surface area contributed by atoms with Gasteiger partial charge in [-0.3, -0.25) is 15.1 Å². The molecule has 2 aromatic carbocycles. The lowest BCUT2D eigenvalue weighted by Gasteiger charge is -2.13. The molecule has 2 amide bonds. The Hall–Kier alpha value is -3.15. The zero-order chi connectivity index (χ0) is 17.6. The highest BCUT2D eigenvalue weighted by Gasteiger charge is 2.26. The number of benzene rings is 2. The van der Waals surface area contributed by atoms with Crippen molar-refractivity contribution in [1.82, 2.24) is 5.32 Å². The Balaban J connectivity index is 1.69. The minimum Gasteiger partial charge on any atom is -0.445 e. The first-order valence-electron chi connectivity index (χ1n) is 8.11. The molecule has 0 aromatic heterocycles. The van der Waals surface area contributed by atoms with Crippen molar-refractivity contribution in [2.75, 3.05) is 5.32 Å². The van der Waals surface area contributed by atoms with Crippen LogP contribution in [0.5, 0.6) is 0 Å². The van der Waals surface area contributed by atoms with Gasteiger partial charge >= 0.3 is 6.09 Å². The number of benzodiazepines with no additional fused rings is 1. The Morgan fingerprint density at radius 1 is 1.16 bits per heavy atom. The van der Waals surface area contributed by atoms with E-state index in [4.69, 9.17) is 4.74 Å². The summed E-state index contributed by atoms with van der Waals surface area (Å²) in [7, 11) is 0. The fourth-order valence-corrected chi connectivity index (χ4v) is 2.58. The van der Waals surface area contributed by atoms with Crippen LogP contribution in [0.1, 0.15) is 24.5 Å². The number of carbonyl (C=O) groups is 2. The number of ether oxygens (including phenoxy) is 1. The normalized spacial score (nSPS) is 16.1. The first kappa shape index (κ1) is 16.7. The maximum absolute atomic E-state index is 12.4. The van der Waals surface area contributed by atoms with E-state index in [1.165, 1.54) is 0 Å². The standard InChI is InChI=1S/C19H19N3O3/c1-2-15-14-10-6-7-11-16(14)21-18(23)17(20-15)22-19(24)25-12-13-8-4-3-5-9-13/h3-11,17H,2,12H2,1H3,(H,21,23)(H,22,24)/t17-/m1/s1. The van der Waals surface area contributed by atoms with Crippen LogP contribution in [0, 0.1) is 0 Å². The summed E-state index contributed by atoms with van der Waals surface area (Å²) in [5.74, 6) is -0.396. The number of carbonyl (C=O) groups excluding carboxylic acids is 2. The van der Waals surface area contributed by atoms with Gasteiger partial charge in [0.25, 0.3) is 5.91 Å². The summed E-state index contributed by atoms with van der Waals surface area (Å²) in [5, 5.41) is 5.31. The minimum absolute atomic E-state index is 0.131. The highest BCUT2D eigenvalue weighted by molar-refractivity contribution is 6.12. The highest BCUT2D eigenvalue weighted by atomic mass is 16.5. The van der Waals surface area contributed by atoms with Crippen LogP contribution in [0.4, 0.5) is 10.5 Å². The maximum atomic E-state index is 12.4. The number of para-hydroxylation sites is 1. The molecule has 0 saturated heterocycles. The van der Waals surface area contributed by atoms with E-state index < -0.39 is 18.2 Å². The summed E-state index contributed by atoms with van der Waals surface area (Å²) in [4.78, 5) is 28.8. The molecule has 1 aliphatic rings. The molecule has 0 unspecified atom stereocenters. The predicted octanol–water partition coefficient (Wildman–Crippen LogP) is 3.09. The lowest BCUT2D eigenvalue weighted by Crippen LogP contribution is -2.42. The van der Waals surface area contributed by atoms with Crippen LogP contribution >= 0.6 is 0 Å². The molecule has 3 rings (SSSR count). The molecule has 0 aliphatic carbocycles. The van der Waals surface area contributed by atoms with Crippen LogP contribution in [0.2, 0.25) is 0 Å². The number of hydrogen-bond acceptors (Lipinski definition) is 4. The SMILES string of the molecule is CCC1=N[C@H](NC(=O)OCc2ccccc2)C(=O)Nc2ccccc21. The van der Waals surface area contributed by atoms with Crippen molar-refractivity contribution in [2.45, 2.75) is 26.1 Å². The monoisotopic (exact) mass is 337 g/mol. The molecule has 0 saturated carbocycles. The largest absolute Gasteiger partial charge is 0.445 e. The van der Waals surface area contributed by atoms with E-state index in [2.05, 4.69) is 15.6 Å². The van der Waals surface area contributed by atoms with Crippen LogP contribution in [-0.2, 0) is 16.1 Å². The number of alkyl carbamates (subject to hydrolysis) is 1. The quantitative estimate of drug-likeness (QED) is 0.900. The van der Waals surface area contributed by atoms with Crippen molar-refractivity contribution < 1.29 is 14.3 Å². The molecule has 128 valence electrons. The van der Waals surface area contributed by atoms with Crippen LogP contribution < -0.4 is 10.6 Å². The smallest absolute Gasteiger partial charge is 0.409 e. The topological polar surface area (TPSA) is 79.8 Å². The molecule has 1 aliphatic heterocycles.